The third kappa shape index (κ3) is 4.50. The Morgan fingerprint density at radius 1 is 1.44 bits per heavy atom. The lowest BCUT2D eigenvalue weighted by molar-refractivity contribution is 0.0526. The SMILES string of the molecule is C1=COCN1.CCOC(=O)c1ccccc1. The number of hydrogen-bond donors (Lipinski definition) is 1. The molecule has 0 saturated carbocycles. The van der Waals surface area contributed by atoms with Crippen molar-refractivity contribution in [1.29, 1.82) is 0 Å². The lowest BCUT2D eigenvalue weighted by atomic mass is 10.2. The van der Waals surface area contributed by atoms with Crippen molar-refractivity contribution in [2.75, 3.05) is 13.3 Å². The Hall–Kier alpha value is -1.97. The number of nitrogens with one attached hydrogen (secondary N) is 1. The Labute approximate surface area is 94.9 Å². The van der Waals surface area contributed by atoms with E-state index >= 15 is 0 Å². The first-order valence-electron chi connectivity index (χ1n) is 5.06. The van der Waals surface area contributed by atoms with Crippen LogP contribution in [0.5, 0.6) is 0 Å². The number of carbonyl (C=O) groups is 1. The summed E-state index contributed by atoms with van der Waals surface area (Å²) in [7, 11) is 0. The van der Waals surface area contributed by atoms with E-state index in [0.717, 1.165) is 0 Å². The minimum atomic E-state index is -0.256. The zero-order valence-corrected chi connectivity index (χ0v) is 9.18. The summed E-state index contributed by atoms with van der Waals surface area (Å²) in [6.45, 7) is 2.86. The van der Waals surface area contributed by atoms with Gasteiger partial charge in [-0.2, -0.15) is 0 Å². The molecule has 1 aliphatic heterocycles. The Kier molecular flexibility index (Phi) is 5.55. The lowest BCUT2D eigenvalue weighted by Gasteiger charge is -1.99. The summed E-state index contributed by atoms with van der Waals surface area (Å²) in [6, 6.07) is 8.96. The van der Waals surface area contributed by atoms with Crippen molar-refractivity contribution < 1.29 is 14.3 Å². The molecular formula is C12H15NO3. The van der Waals surface area contributed by atoms with Crippen LogP contribution in [0.3, 0.4) is 0 Å². The molecule has 0 radical (unpaired) electrons. The molecule has 1 N–H and O–H groups in total. The normalized spacial score (nSPS) is 11.8. The Bertz CT molecular complexity index is 329. The van der Waals surface area contributed by atoms with E-state index in [0.29, 0.717) is 18.9 Å². The maximum absolute atomic E-state index is 11.0. The van der Waals surface area contributed by atoms with E-state index in [9.17, 15) is 4.79 Å². The quantitative estimate of drug-likeness (QED) is 0.775. The van der Waals surface area contributed by atoms with Gasteiger partial charge in [0.1, 0.15) is 6.26 Å². The highest BCUT2D eigenvalue weighted by molar-refractivity contribution is 5.89. The third-order valence-corrected chi connectivity index (χ3v) is 1.73. The van der Waals surface area contributed by atoms with Gasteiger partial charge in [0.2, 0.25) is 0 Å². The molecule has 1 heterocycles. The molecule has 1 aliphatic rings. The van der Waals surface area contributed by atoms with E-state index in [1.807, 2.05) is 18.2 Å². The summed E-state index contributed by atoms with van der Waals surface area (Å²) < 4.78 is 9.44. The maximum Gasteiger partial charge on any atom is 0.338 e. The van der Waals surface area contributed by atoms with Crippen LogP contribution in [0.25, 0.3) is 0 Å². The van der Waals surface area contributed by atoms with E-state index < -0.39 is 0 Å². The summed E-state index contributed by atoms with van der Waals surface area (Å²) in [5, 5.41) is 2.82. The van der Waals surface area contributed by atoms with Crippen molar-refractivity contribution in [3.8, 4) is 0 Å². The van der Waals surface area contributed by atoms with E-state index in [2.05, 4.69) is 10.1 Å². The first-order valence-corrected chi connectivity index (χ1v) is 5.06. The van der Waals surface area contributed by atoms with Crippen LogP contribution in [0.4, 0.5) is 0 Å². The highest BCUT2D eigenvalue weighted by atomic mass is 16.5. The van der Waals surface area contributed by atoms with Gasteiger partial charge in [-0.05, 0) is 19.1 Å². The third-order valence-electron chi connectivity index (χ3n) is 1.73. The minimum Gasteiger partial charge on any atom is -0.479 e. The summed E-state index contributed by atoms with van der Waals surface area (Å²) >= 11 is 0. The van der Waals surface area contributed by atoms with Gasteiger partial charge in [0.25, 0.3) is 0 Å². The summed E-state index contributed by atoms with van der Waals surface area (Å²) in [5.74, 6) is -0.256. The molecule has 4 heteroatoms. The van der Waals surface area contributed by atoms with Crippen molar-refractivity contribution in [3.63, 3.8) is 0 Å². The van der Waals surface area contributed by atoms with Crippen LogP contribution < -0.4 is 5.32 Å². The van der Waals surface area contributed by atoms with Gasteiger partial charge in [-0.1, -0.05) is 18.2 Å². The van der Waals surface area contributed by atoms with Crippen LogP contribution in [-0.2, 0) is 9.47 Å². The van der Waals surface area contributed by atoms with E-state index in [1.165, 1.54) is 0 Å². The monoisotopic (exact) mass is 221 g/mol. The van der Waals surface area contributed by atoms with Gasteiger partial charge in [0, 0.05) is 6.20 Å². The second-order valence-corrected chi connectivity index (χ2v) is 2.90. The first-order chi connectivity index (χ1) is 7.84. The van der Waals surface area contributed by atoms with Crippen LogP contribution in [0.15, 0.2) is 42.8 Å². The number of ether oxygens (including phenoxy) is 2. The topological polar surface area (TPSA) is 47.6 Å². The second kappa shape index (κ2) is 7.34. The molecule has 2 rings (SSSR count). The maximum atomic E-state index is 11.0. The number of esters is 1. The molecular weight excluding hydrogens is 206 g/mol. The average Bonchev–Trinajstić information content (AvgIpc) is 2.89. The van der Waals surface area contributed by atoms with Crippen LogP contribution in [-0.4, -0.2) is 19.3 Å². The van der Waals surface area contributed by atoms with Crippen LogP contribution >= 0.6 is 0 Å². The molecule has 0 fully saturated rings. The van der Waals surface area contributed by atoms with Gasteiger partial charge >= 0.3 is 5.97 Å². The highest BCUT2D eigenvalue weighted by Gasteiger charge is 2.02. The Morgan fingerprint density at radius 2 is 2.19 bits per heavy atom. The van der Waals surface area contributed by atoms with Crippen molar-refractivity contribution in [1.82, 2.24) is 5.32 Å². The highest BCUT2D eigenvalue weighted by Crippen LogP contribution is 1.99. The molecule has 0 saturated heterocycles. The van der Waals surface area contributed by atoms with E-state index in [1.54, 1.807) is 31.5 Å². The van der Waals surface area contributed by atoms with Gasteiger partial charge in [0.15, 0.2) is 6.73 Å². The molecule has 1 aromatic rings. The predicted octanol–water partition coefficient (Wildman–Crippen LogP) is 1.90. The van der Waals surface area contributed by atoms with Crippen molar-refractivity contribution in [3.05, 3.63) is 48.4 Å². The lowest BCUT2D eigenvalue weighted by Crippen LogP contribution is -2.03. The zero-order valence-electron chi connectivity index (χ0n) is 9.18. The van der Waals surface area contributed by atoms with Crippen molar-refractivity contribution in [2.45, 2.75) is 6.92 Å². The van der Waals surface area contributed by atoms with Crippen molar-refractivity contribution in [2.24, 2.45) is 0 Å². The smallest absolute Gasteiger partial charge is 0.338 e. The number of rotatable bonds is 2. The largest absolute Gasteiger partial charge is 0.479 e. The van der Waals surface area contributed by atoms with Gasteiger partial charge in [-0.25, -0.2) is 4.79 Å². The van der Waals surface area contributed by atoms with Crippen LogP contribution in [0.2, 0.25) is 0 Å². The number of hydrogen-bond acceptors (Lipinski definition) is 4. The second-order valence-electron chi connectivity index (χ2n) is 2.90. The molecule has 0 amide bonds. The molecule has 0 unspecified atom stereocenters. The van der Waals surface area contributed by atoms with Gasteiger partial charge in [-0.3, -0.25) is 0 Å². The molecule has 4 nitrogen and oxygen atoms in total. The molecule has 0 aromatic heterocycles. The number of benzene rings is 1. The van der Waals surface area contributed by atoms with E-state index in [4.69, 9.17) is 4.74 Å². The molecule has 0 spiro atoms. The molecule has 0 bridgehead atoms. The van der Waals surface area contributed by atoms with Gasteiger partial charge in [-0.15, -0.1) is 0 Å². The fourth-order valence-electron chi connectivity index (χ4n) is 1.03. The standard InChI is InChI=1S/C9H10O2.C3H5NO/c1-2-11-9(10)8-6-4-3-5-7-8;1-2-5-3-4-1/h3-7H,2H2,1H3;1-2,4H,3H2. The van der Waals surface area contributed by atoms with Gasteiger partial charge < -0.3 is 14.8 Å². The van der Waals surface area contributed by atoms with Crippen molar-refractivity contribution >= 4 is 5.97 Å². The van der Waals surface area contributed by atoms with Crippen LogP contribution in [0.1, 0.15) is 17.3 Å². The Morgan fingerprint density at radius 3 is 2.62 bits per heavy atom. The Balaban J connectivity index is 0.000000212. The fourth-order valence-corrected chi connectivity index (χ4v) is 1.03. The van der Waals surface area contributed by atoms with E-state index in [-0.39, 0.29) is 5.97 Å². The summed E-state index contributed by atoms with van der Waals surface area (Å²) in [6.07, 6.45) is 3.39. The predicted molar refractivity (Wildman–Crippen MR) is 60.6 cm³/mol. The minimum absolute atomic E-state index is 0.256. The van der Waals surface area contributed by atoms with Gasteiger partial charge in [0.05, 0.1) is 12.2 Å². The fraction of sp³-hybridized carbons (Fsp3) is 0.250. The number of carbonyl (C=O) groups excluding carboxylic acids is 1. The van der Waals surface area contributed by atoms with Crippen LogP contribution in [0, 0.1) is 0 Å². The summed E-state index contributed by atoms with van der Waals surface area (Å²) in [5.41, 5.74) is 0.606. The zero-order chi connectivity index (χ0) is 11.6. The average molecular weight is 221 g/mol. The first kappa shape index (κ1) is 12.1. The molecule has 16 heavy (non-hydrogen) atoms. The molecule has 86 valence electrons. The molecule has 1 aromatic carbocycles. The molecule has 0 atom stereocenters. The summed E-state index contributed by atoms with van der Waals surface area (Å²) in [4.78, 5) is 11.0. The molecule has 0 aliphatic carbocycles.